The van der Waals surface area contributed by atoms with E-state index in [1.54, 1.807) is 6.33 Å². The monoisotopic (exact) mass is 342 g/mol. The molecule has 0 bridgehead atoms. The lowest BCUT2D eigenvalue weighted by atomic mass is 9.75. The summed E-state index contributed by atoms with van der Waals surface area (Å²) >= 11 is 0. The molecule has 2 heterocycles. The molecule has 1 saturated heterocycles. The summed E-state index contributed by atoms with van der Waals surface area (Å²) < 4.78 is 30.9. The highest BCUT2D eigenvalue weighted by Crippen LogP contribution is 2.46. The van der Waals surface area contributed by atoms with Crippen LogP contribution in [-0.4, -0.2) is 48.7 Å². The highest BCUT2D eigenvalue weighted by molar-refractivity contribution is 5.85. The van der Waals surface area contributed by atoms with Gasteiger partial charge >= 0.3 is 5.92 Å². The zero-order chi connectivity index (χ0) is 17.5. The molecule has 6 nitrogen and oxygen atoms in total. The summed E-state index contributed by atoms with van der Waals surface area (Å²) in [5.41, 5.74) is -2.19. The largest absolute Gasteiger partial charge is 0.383 e. The van der Waals surface area contributed by atoms with Crippen LogP contribution in [0.5, 0.6) is 0 Å². The molecule has 24 heavy (non-hydrogen) atoms. The molecule has 1 aliphatic heterocycles. The minimum atomic E-state index is -3.75. The first kappa shape index (κ1) is 17.3. The third kappa shape index (κ3) is 2.70. The Bertz CT molecular complexity index is 613. The number of nitrogens with zero attached hydrogens (tertiary/aromatic N) is 4. The smallest absolute Gasteiger partial charge is 0.352 e. The highest BCUT2D eigenvalue weighted by atomic mass is 19.3. The molecule has 1 aliphatic carbocycles. The van der Waals surface area contributed by atoms with Crippen LogP contribution in [0.25, 0.3) is 0 Å². The molecule has 2 fully saturated rings. The average molecular weight is 342 g/mol. The van der Waals surface area contributed by atoms with Gasteiger partial charge in [0.1, 0.15) is 11.9 Å². The van der Waals surface area contributed by atoms with E-state index >= 15 is 0 Å². The number of carbonyl (C=O) groups is 1. The highest BCUT2D eigenvalue weighted by Gasteiger charge is 2.63. The van der Waals surface area contributed by atoms with Crippen LogP contribution in [-0.2, 0) is 11.3 Å². The quantitative estimate of drug-likeness (QED) is 0.890. The molecular formula is C16H24F2N4O2. The summed E-state index contributed by atoms with van der Waals surface area (Å²) in [5.74, 6) is -4.14. The maximum absolute atomic E-state index is 14.5. The Labute approximate surface area is 139 Å². The van der Waals surface area contributed by atoms with Crippen molar-refractivity contribution < 1.29 is 18.7 Å². The number of aliphatic hydroxyl groups is 1. The Morgan fingerprint density at radius 1 is 1.46 bits per heavy atom. The van der Waals surface area contributed by atoms with Crippen molar-refractivity contribution in [2.24, 2.45) is 5.92 Å². The van der Waals surface area contributed by atoms with Crippen LogP contribution < -0.4 is 0 Å². The Balaban J connectivity index is 1.83. The minimum absolute atomic E-state index is 0.0339. The summed E-state index contributed by atoms with van der Waals surface area (Å²) in [4.78, 5) is 13.7. The normalized spacial score (nSPS) is 23.6. The van der Waals surface area contributed by atoms with E-state index in [1.165, 1.54) is 4.90 Å². The van der Waals surface area contributed by atoms with E-state index in [2.05, 4.69) is 10.2 Å². The maximum atomic E-state index is 14.5. The molecule has 1 amide bonds. The lowest BCUT2D eigenvalue weighted by Crippen LogP contribution is -2.61. The van der Waals surface area contributed by atoms with Gasteiger partial charge in [-0.25, -0.2) is 0 Å². The van der Waals surface area contributed by atoms with E-state index in [0.29, 0.717) is 37.5 Å². The summed E-state index contributed by atoms with van der Waals surface area (Å²) in [6, 6.07) is -0.506. The SMILES string of the molecule is CC(C)Cn1cnnc1C1CCCN1C(=O)C(F)(F)C1(O)CCC1. The number of alkyl halides is 2. The van der Waals surface area contributed by atoms with Crippen molar-refractivity contribution in [3.05, 3.63) is 12.2 Å². The zero-order valence-corrected chi connectivity index (χ0v) is 14.1. The van der Waals surface area contributed by atoms with Crippen LogP contribution >= 0.6 is 0 Å². The van der Waals surface area contributed by atoms with Crippen LogP contribution in [0.1, 0.15) is 57.8 Å². The molecule has 0 radical (unpaired) electrons. The molecule has 1 N–H and O–H groups in total. The van der Waals surface area contributed by atoms with Gasteiger partial charge in [0.05, 0.1) is 6.04 Å². The maximum Gasteiger partial charge on any atom is 0.352 e. The van der Waals surface area contributed by atoms with Crippen LogP contribution in [0.3, 0.4) is 0 Å². The molecule has 3 rings (SSSR count). The second-order valence-corrected chi connectivity index (χ2v) is 7.35. The Kier molecular flexibility index (Phi) is 4.36. The van der Waals surface area contributed by atoms with E-state index in [4.69, 9.17) is 0 Å². The van der Waals surface area contributed by atoms with Crippen molar-refractivity contribution in [1.29, 1.82) is 0 Å². The second-order valence-electron chi connectivity index (χ2n) is 7.35. The van der Waals surface area contributed by atoms with Gasteiger partial charge in [0.25, 0.3) is 5.91 Å². The van der Waals surface area contributed by atoms with E-state index in [1.807, 2.05) is 18.4 Å². The predicted molar refractivity (Wildman–Crippen MR) is 82.3 cm³/mol. The number of carbonyl (C=O) groups excluding carboxylic acids is 1. The molecule has 134 valence electrons. The third-order valence-electron chi connectivity index (χ3n) is 5.05. The molecule has 1 atom stereocenters. The van der Waals surface area contributed by atoms with E-state index in [0.717, 1.165) is 0 Å². The summed E-state index contributed by atoms with van der Waals surface area (Å²) in [6.45, 7) is 5.01. The number of aromatic nitrogens is 3. The van der Waals surface area contributed by atoms with E-state index in [-0.39, 0.29) is 19.4 Å². The summed E-state index contributed by atoms with van der Waals surface area (Å²) in [5, 5.41) is 18.0. The Morgan fingerprint density at radius 2 is 2.17 bits per heavy atom. The van der Waals surface area contributed by atoms with Gasteiger partial charge < -0.3 is 14.6 Å². The molecule has 1 unspecified atom stereocenters. The predicted octanol–water partition coefficient (Wildman–Crippen LogP) is 2.15. The first-order valence-corrected chi connectivity index (χ1v) is 8.55. The Hall–Kier alpha value is -1.57. The number of hydrogen-bond donors (Lipinski definition) is 1. The van der Waals surface area contributed by atoms with Crippen LogP contribution in [0.2, 0.25) is 0 Å². The van der Waals surface area contributed by atoms with Crippen LogP contribution in [0.15, 0.2) is 6.33 Å². The van der Waals surface area contributed by atoms with Crippen molar-refractivity contribution in [3.63, 3.8) is 0 Å². The number of amides is 1. The van der Waals surface area contributed by atoms with Crippen molar-refractivity contribution in [2.75, 3.05) is 6.54 Å². The van der Waals surface area contributed by atoms with Gasteiger partial charge in [0, 0.05) is 13.1 Å². The fourth-order valence-corrected chi connectivity index (χ4v) is 3.54. The lowest BCUT2D eigenvalue weighted by molar-refractivity contribution is -0.224. The third-order valence-corrected chi connectivity index (χ3v) is 5.05. The molecule has 1 aromatic heterocycles. The van der Waals surface area contributed by atoms with Gasteiger partial charge in [-0.15, -0.1) is 10.2 Å². The fourth-order valence-electron chi connectivity index (χ4n) is 3.54. The number of likely N-dealkylation sites (tertiary alicyclic amines) is 1. The van der Waals surface area contributed by atoms with Crippen molar-refractivity contribution >= 4 is 5.91 Å². The Morgan fingerprint density at radius 3 is 2.75 bits per heavy atom. The van der Waals surface area contributed by atoms with Gasteiger partial charge in [-0.2, -0.15) is 8.78 Å². The zero-order valence-electron chi connectivity index (χ0n) is 14.1. The van der Waals surface area contributed by atoms with Crippen LogP contribution in [0.4, 0.5) is 8.78 Å². The van der Waals surface area contributed by atoms with Crippen molar-refractivity contribution in [1.82, 2.24) is 19.7 Å². The molecule has 1 saturated carbocycles. The first-order valence-electron chi connectivity index (χ1n) is 8.55. The van der Waals surface area contributed by atoms with E-state index in [9.17, 15) is 18.7 Å². The van der Waals surface area contributed by atoms with Gasteiger partial charge in [-0.3, -0.25) is 4.79 Å². The molecule has 0 aromatic carbocycles. The lowest BCUT2D eigenvalue weighted by Gasteiger charge is -2.43. The molecular weight excluding hydrogens is 318 g/mol. The fraction of sp³-hybridized carbons (Fsp3) is 0.812. The molecule has 0 spiro atoms. The first-order chi connectivity index (χ1) is 11.3. The average Bonchev–Trinajstić information content (AvgIpc) is 3.11. The number of halogens is 2. The molecule has 8 heteroatoms. The summed E-state index contributed by atoms with van der Waals surface area (Å²) in [7, 11) is 0. The summed E-state index contributed by atoms with van der Waals surface area (Å²) in [6.07, 6.45) is 3.25. The van der Waals surface area contributed by atoms with E-state index < -0.39 is 23.5 Å². The number of rotatable bonds is 5. The van der Waals surface area contributed by atoms with Crippen molar-refractivity contribution in [3.8, 4) is 0 Å². The van der Waals surface area contributed by atoms with Gasteiger partial charge in [-0.05, 0) is 38.0 Å². The second kappa shape index (κ2) is 6.06. The van der Waals surface area contributed by atoms with Gasteiger partial charge in [0.2, 0.25) is 0 Å². The molecule has 1 aromatic rings. The number of hydrogen-bond acceptors (Lipinski definition) is 4. The van der Waals surface area contributed by atoms with Crippen LogP contribution in [0, 0.1) is 5.92 Å². The standard InChI is InChI=1S/C16H24F2N4O2/c1-11(2)9-21-10-19-20-13(21)12-5-3-8-22(12)14(23)16(17,18)15(24)6-4-7-15/h10-12,24H,3-9H2,1-2H3. The van der Waals surface area contributed by atoms with Gasteiger partial charge in [-0.1, -0.05) is 13.8 Å². The van der Waals surface area contributed by atoms with Gasteiger partial charge in [0.15, 0.2) is 5.82 Å². The van der Waals surface area contributed by atoms with Crippen molar-refractivity contribution in [2.45, 2.75) is 70.1 Å². The minimum Gasteiger partial charge on any atom is -0.383 e. The molecule has 2 aliphatic rings. The topological polar surface area (TPSA) is 71.2 Å².